The number of Topliss-reactive ketones (excluding diaryl/α,β-unsaturated/α-hetero) is 1. The number of ketones is 1. The first-order valence-corrected chi connectivity index (χ1v) is 9.79. The molecule has 29 heavy (non-hydrogen) atoms. The van der Waals surface area contributed by atoms with Crippen LogP contribution in [0, 0.1) is 6.92 Å². The highest BCUT2D eigenvalue weighted by molar-refractivity contribution is 6.15. The van der Waals surface area contributed by atoms with Crippen LogP contribution in [-0.4, -0.2) is 37.7 Å². The molecule has 1 fully saturated rings. The number of ether oxygens (including phenoxy) is 4. The molecule has 150 valence electrons. The summed E-state index contributed by atoms with van der Waals surface area (Å²) in [5.74, 6) is 2.74. The molecule has 1 aliphatic carbocycles. The van der Waals surface area contributed by atoms with Gasteiger partial charge in [-0.25, -0.2) is 0 Å². The van der Waals surface area contributed by atoms with Gasteiger partial charge in [-0.2, -0.15) is 0 Å². The number of methoxy groups -OCH3 is 2. The topological polar surface area (TPSA) is 57.2 Å². The molecular formula is C23H23NO5. The first kappa shape index (κ1) is 18.1. The van der Waals surface area contributed by atoms with Crippen molar-refractivity contribution < 1.29 is 23.7 Å². The Hall–Kier alpha value is -2.99. The van der Waals surface area contributed by atoms with E-state index in [0.717, 1.165) is 29.0 Å². The first-order valence-electron chi connectivity index (χ1n) is 9.79. The SMILES string of the molecule is COc1cccc(C=C2Oc3c(cc4c(c3C)OCN(C3CC3)C4)C2=O)c1OC. The smallest absolute Gasteiger partial charge is 0.231 e. The number of fused-ring (bicyclic) bond motifs is 2. The van der Waals surface area contributed by atoms with Crippen LogP contribution in [0.2, 0.25) is 0 Å². The van der Waals surface area contributed by atoms with Crippen molar-refractivity contribution in [3.8, 4) is 23.0 Å². The highest BCUT2D eigenvalue weighted by Gasteiger charge is 2.37. The van der Waals surface area contributed by atoms with Crippen molar-refractivity contribution in [3.05, 3.63) is 52.3 Å². The Balaban J connectivity index is 1.52. The molecule has 3 aliphatic rings. The molecule has 0 aromatic heterocycles. The van der Waals surface area contributed by atoms with Gasteiger partial charge in [0.05, 0.1) is 19.8 Å². The van der Waals surface area contributed by atoms with Crippen molar-refractivity contribution in [1.82, 2.24) is 4.90 Å². The Morgan fingerprint density at radius 2 is 2.00 bits per heavy atom. The third kappa shape index (κ3) is 2.95. The number of para-hydroxylation sites is 1. The second-order valence-corrected chi connectivity index (χ2v) is 7.64. The third-order valence-corrected chi connectivity index (χ3v) is 5.75. The van der Waals surface area contributed by atoms with Gasteiger partial charge in [0, 0.05) is 29.3 Å². The fraction of sp³-hybridized carbons (Fsp3) is 0.348. The number of hydrogen-bond acceptors (Lipinski definition) is 6. The molecule has 0 N–H and O–H groups in total. The summed E-state index contributed by atoms with van der Waals surface area (Å²) < 4.78 is 22.9. The van der Waals surface area contributed by atoms with Gasteiger partial charge in [-0.15, -0.1) is 0 Å². The Labute approximate surface area is 169 Å². The lowest BCUT2D eigenvalue weighted by Crippen LogP contribution is -2.34. The van der Waals surface area contributed by atoms with Crippen molar-refractivity contribution in [2.45, 2.75) is 32.4 Å². The number of carbonyl (C=O) groups excluding carboxylic acids is 1. The normalized spacial score (nSPS) is 19.4. The summed E-state index contributed by atoms with van der Waals surface area (Å²) in [6.45, 7) is 3.35. The maximum absolute atomic E-state index is 13.1. The van der Waals surface area contributed by atoms with Crippen LogP contribution in [-0.2, 0) is 6.54 Å². The standard InChI is InChI=1S/C23H23NO5/c1-13-21-15(11-24(12-28-21)16-7-8-16)9-17-20(25)19(29-22(13)17)10-14-5-4-6-18(26-2)23(14)27-3/h4-6,9-10,16H,7-8,11-12H2,1-3H3. The highest BCUT2D eigenvalue weighted by Crippen LogP contribution is 2.45. The monoisotopic (exact) mass is 393 g/mol. The second kappa shape index (κ2) is 6.81. The minimum atomic E-state index is -0.126. The average molecular weight is 393 g/mol. The lowest BCUT2D eigenvalue weighted by Gasteiger charge is -2.30. The van der Waals surface area contributed by atoms with Gasteiger partial charge < -0.3 is 18.9 Å². The van der Waals surface area contributed by atoms with E-state index in [0.29, 0.717) is 35.6 Å². The molecule has 0 bridgehead atoms. The molecule has 5 rings (SSSR count). The lowest BCUT2D eigenvalue weighted by molar-refractivity contribution is 0.0872. The van der Waals surface area contributed by atoms with E-state index < -0.39 is 0 Å². The van der Waals surface area contributed by atoms with Crippen molar-refractivity contribution >= 4 is 11.9 Å². The van der Waals surface area contributed by atoms with E-state index in [4.69, 9.17) is 18.9 Å². The molecule has 2 aliphatic heterocycles. The van der Waals surface area contributed by atoms with Crippen molar-refractivity contribution in [2.24, 2.45) is 0 Å². The van der Waals surface area contributed by atoms with E-state index in [1.165, 1.54) is 12.8 Å². The molecule has 0 amide bonds. The van der Waals surface area contributed by atoms with E-state index >= 15 is 0 Å². The Morgan fingerprint density at radius 1 is 1.17 bits per heavy atom. The zero-order chi connectivity index (χ0) is 20.1. The van der Waals surface area contributed by atoms with Gasteiger partial charge in [-0.05, 0) is 38.0 Å². The predicted octanol–water partition coefficient (Wildman–Crippen LogP) is 3.94. The molecule has 0 unspecified atom stereocenters. The molecule has 0 radical (unpaired) electrons. The molecule has 6 heteroatoms. The summed E-state index contributed by atoms with van der Waals surface area (Å²) >= 11 is 0. The molecule has 2 aromatic carbocycles. The van der Waals surface area contributed by atoms with E-state index in [9.17, 15) is 4.79 Å². The number of benzene rings is 2. The summed E-state index contributed by atoms with van der Waals surface area (Å²) in [6.07, 6.45) is 4.15. The lowest BCUT2D eigenvalue weighted by atomic mass is 10.00. The molecule has 6 nitrogen and oxygen atoms in total. The Bertz CT molecular complexity index is 1040. The summed E-state index contributed by atoms with van der Waals surface area (Å²) in [7, 11) is 3.16. The summed E-state index contributed by atoms with van der Waals surface area (Å²) in [5, 5.41) is 0. The molecule has 1 saturated carbocycles. The van der Waals surface area contributed by atoms with Gasteiger partial charge in [0.2, 0.25) is 5.78 Å². The van der Waals surface area contributed by atoms with Crippen LogP contribution >= 0.6 is 0 Å². The van der Waals surface area contributed by atoms with Crippen LogP contribution in [0.3, 0.4) is 0 Å². The summed E-state index contributed by atoms with van der Waals surface area (Å²) in [6, 6.07) is 8.07. The van der Waals surface area contributed by atoms with Crippen molar-refractivity contribution in [2.75, 3.05) is 21.0 Å². The maximum Gasteiger partial charge on any atom is 0.231 e. The van der Waals surface area contributed by atoms with E-state index in [1.54, 1.807) is 20.3 Å². The largest absolute Gasteiger partial charge is 0.493 e. The van der Waals surface area contributed by atoms with E-state index in [-0.39, 0.29) is 11.5 Å². The number of carbonyl (C=O) groups is 1. The minimum Gasteiger partial charge on any atom is -0.493 e. The fourth-order valence-corrected chi connectivity index (χ4v) is 4.11. The molecule has 0 atom stereocenters. The number of nitrogens with zero attached hydrogens (tertiary/aromatic N) is 1. The first-order chi connectivity index (χ1) is 14.1. The van der Waals surface area contributed by atoms with Gasteiger partial charge in [0.15, 0.2) is 17.3 Å². The van der Waals surface area contributed by atoms with Crippen LogP contribution in [0.25, 0.3) is 6.08 Å². The van der Waals surface area contributed by atoms with E-state index in [2.05, 4.69) is 4.90 Å². The van der Waals surface area contributed by atoms with Crippen LogP contribution in [0.4, 0.5) is 0 Å². The second-order valence-electron chi connectivity index (χ2n) is 7.64. The van der Waals surface area contributed by atoms with Crippen molar-refractivity contribution in [1.29, 1.82) is 0 Å². The van der Waals surface area contributed by atoms with Gasteiger partial charge in [-0.1, -0.05) is 12.1 Å². The molecule has 2 heterocycles. The molecule has 0 saturated heterocycles. The van der Waals surface area contributed by atoms with Crippen LogP contribution in [0.15, 0.2) is 30.0 Å². The van der Waals surface area contributed by atoms with Gasteiger partial charge in [0.1, 0.15) is 18.2 Å². The third-order valence-electron chi connectivity index (χ3n) is 5.75. The average Bonchev–Trinajstić information content (AvgIpc) is 3.54. The zero-order valence-electron chi connectivity index (χ0n) is 16.8. The van der Waals surface area contributed by atoms with Gasteiger partial charge in [-0.3, -0.25) is 9.69 Å². The Morgan fingerprint density at radius 3 is 2.72 bits per heavy atom. The van der Waals surface area contributed by atoms with Gasteiger partial charge >= 0.3 is 0 Å². The Kier molecular flexibility index (Phi) is 4.24. The number of rotatable bonds is 4. The maximum atomic E-state index is 13.1. The van der Waals surface area contributed by atoms with E-state index in [1.807, 2.05) is 31.2 Å². The molecular weight excluding hydrogens is 370 g/mol. The number of hydrogen-bond donors (Lipinski definition) is 0. The summed E-state index contributed by atoms with van der Waals surface area (Å²) in [5.41, 5.74) is 3.25. The fourth-order valence-electron chi connectivity index (χ4n) is 4.11. The van der Waals surface area contributed by atoms with Crippen molar-refractivity contribution in [3.63, 3.8) is 0 Å². The highest BCUT2D eigenvalue weighted by atomic mass is 16.5. The minimum absolute atomic E-state index is 0.126. The predicted molar refractivity (Wildman–Crippen MR) is 108 cm³/mol. The van der Waals surface area contributed by atoms with Crippen LogP contribution < -0.4 is 18.9 Å². The van der Waals surface area contributed by atoms with Crippen LogP contribution in [0.1, 0.15) is 39.9 Å². The van der Waals surface area contributed by atoms with Gasteiger partial charge in [0.25, 0.3) is 0 Å². The zero-order valence-corrected chi connectivity index (χ0v) is 16.8. The quantitative estimate of drug-likeness (QED) is 0.734. The summed E-state index contributed by atoms with van der Waals surface area (Å²) in [4.78, 5) is 15.4. The molecule has 2 aromatic rings. The van der Waals surface area contributed by atoms with Crippen LogP contribution in [0.5, 0.6) is 23.0 Å². The number of allylic oxidation sites excluding steroid dienone is 1. The molecule has 0 spiro atoms.